The molecule has 0 aliphatic rings. The van der Waals surface area contributed by atoms with Gasteiger partial charge in [0.1, 0.15) is 0 Å². The largest absolute Gasteiger partial charge is 0.340 e. The van der Waals surface area contributed by atoms with Crippen LogP contribution in [0.3, 0.4) is 0 Å². The Balaban J connectivity index is 1.66. The molecule has 0 spiro atoms. The van der Waals surface area contributed by atoms with Crippen LogP contribution in [0.2, 0.25) is 0 Å². The van der Waals surface area contributed by atoms with Gasteiger partial charge in [0, 0.05) is 18.5 Å². The highest BCUT2D eigenvalue weighted by molar-refractivity contribution is 5.91. The Morgan fingerprint density at radius 3 is 2.67 bits per heavy atom. The van der Waals surface area contributed by atoms with Gasteiger partial charge in [-0.2, -0.15) is 0 Å². The Bertz CT molecular complexity index is 1020. The maximum atomic E-state index is 12.6. The number of H-pyrrole nitrogens is 1. The van der Waals surface area contributed by atoms with Crippen molar-refractivity contribution in [3.8, 4) is 5.69 Å². The van der Waals surface area contributed by atoms with Crippen molar-refractivity contribution in [3.63, 3.8) is 0 Å². The maximum absolute atomic E-state index is 12.6. The molecule has 0 saturated carbocycles. The maximum Gasteiger partial charge on any atom is 0.340 e. The van der Waals surface area contributed by atoms with Gasteiger partial charge in [0.2, 0.25) is 0 Å². The van der Waals surface area contributed by atoms with Crippen LogP contribution in [-0.2, 0) is 6.42 Å². The van der Waals surface area contributed by atoms with E-state index < -0.39 is 6.03 Å². The minimum Gasteiger partial charge on any atom is -0.336 e. The average Bonchev–Trinajstić information content (AvgIpc) is 2.95. The summed E-state index contributed by atoms with van der Waals surface area (Å²) in [6.07, 6.45) is 2.05. The van der Waals surface area contributed by atoms with Crippen LogP contribution in [0.15, 0.2) is 64.4 Å². The van der Waals surface area contributed by atoms with Gasteiger partial charge in [-0.1, -0.05) is 42.5 Å². The van der Waals surface area contributed by atoms with Crippen LogP contribution in [0.1, 0.15) is 22.4 Å². The minimum atomic E-state index is -0.465. The number of hydrogen-bond donors (Lipinski definition) is 2. The lowest BCUT2D eigenvalue weighted by atomic mass is 10.1. The van der Waals surface area contributed by atoms with Crippen LogP contribution in [0.4, 0.5) is 4.79 Å². The van der Waals surface area contributed by atoms with Gasteiger partial charge in [0.15, 0.2) is 0 Å². The van der Waals surface area contributed by atoms with Crippen molar-refractivity contribution in [1.82, 2.24) is 15.1 Å². The summed E-state index contributed by atoms with van der Waals surface area (Å²) >= 11 is 0. The fourth-order valence-electron chi connectivity index (χ4n) is 2.79. The SMILES string of the molecule is Cc1cccc(-n2[nH]c(C)c(/C=N/C(=O)NCCc3ccccc3)c2=O)c1. The summed E-state index contributed by atoms with van der Waals surface area (Å²) in [5.74, 6) is 0. The average molecular weight is 362 g/mol. The number of nitrogens with zero attached hydrogens (tertiary/aromatic N) is 2. The van der Waals surface area contributed by atoms with E-state index in [9.17, 15) is 9.59 Å². The van der Waals surface area contributed by atoms with Crippen molar-refractivity contribution in [2.24, 2.45) is 4.99 Å². The van der Waals surface area contributed by atoms with Gasteiger partial charge in [-0.15, -0.1) is 0 Å². The van der Waals surface area contributed by atoms with Crippen molar-refractivity contribution in [1.29, 1.82) is 0 Å². The summed E-state index contributed by atoms with van der Waals surface area (Å²) in [7, 11) is 0. The van der Waals surface area contributed by atoms with Crippen molar-refractivity contribution in [3.05, 3.63) is 87.3 Å². The molecule has 2 N–H and O–H groups in total. The molecule has 6 nitrogen and oxygen atoms in total. The number of urea groups is 1. The van der Waals surface area contributed by atoms with Gasteiger partial charge < -0.3 is 5.32 Å². The topological polar surface area (TPSA) is 79.2 Å². The predicted molar refractivity (Wildman–Crippen MR) is 107 cm³/mol. The first-order chi connectivity index (χ1) is 13.0. The first kappa shape index (κ1) is 18.4. The van der Waals surface area contributed by atoms with Gasteiger partial charge in [0.05, 0.1) is 11.3 Å². The van der Waals surface area contributed by atoms with E-state index in [0.717, 1.165) is 23.2 Å². The second-order valence-electron chi connectivity index (χ2n) is 6.36. The molecule has 6 heteroatoms. The minimum absolute atomic E-state index is 0.237. The molecule has 27 heavy (non-hydrogen) atoms. The molecule has 3 rings (SSSR count). The van der Waals surface area contributed by atoms with E-state index in [2.05, 4.69) is 15.4 Å². The zero-order chi connectivity index (χ0) is 19.2. The van der Waals surface area contributed by atoms with Gasteiger partial charge >= 0.3 is 6.03 Å². The number of hydrogen-bond acceptors (Lipinski definition) is 2. The number of carbonyl (C=O) groups is 1. The van der Waals surface area contributed by atoms with E-state index in [4.69, 9.17) is 0 Å². The zero-order valence-corrected chi connectivity index (χ0v) is 15.4. The van der Waals surface area contributed by atoms with Crippen molar-refractivity contribution in [2.45, 2.75) is 20.3 Å². The highest BCUT2D eigenvalue weighted by Gasteiger charge is 2.11. The first-order valence-electron chi connectivity index (χ1n) is 8.79. The van der Waals surface area contributed by atoms with Crippen molar-refractivity contribution < 1.29 is 4.79 Å². The molecular weight excluding hydrogens is 340 g/mol. The number of aromatic nitrogens is 2. The van der Waals surface area contributed by atoms with Gasteiger partial charge in [-0.05, 0) is 43.5 Å². The normalized spacial score (nSPS) is 11.0. The van der Waals surface area contributed by atoms with Crippen LogP contribution >= 0.6 is 0 Å². The molecule has 2 aromatic carbocycles. The summed E-state index contributed by atoms with van der Waals surface area (Å²) in [6, 6.07) is 17.0. The molecule has 0 saturated heterocycles. The van der Waals surface area contributed by atoms with Crippen LogP contribution in [-0.4, -0.2) is 28.6 Å². The third kappa shape index (κ3) is 4.61. The molecule has 2 amide bonds. The monoisotopic (exact) mass is 362 g/mol. The van der Waals surface area contributed by atoms with Crippen LogP contribution in [0, 0.1) is 13.8 Å². The fraction of sp³-hybridized carbons (Fsp3) is 0.190. The van der Waals surface area contributed by atoms with E-state index >= 15 is 0 Å². The standard InChI is InChI=1S/C21H22N4O2/c1-15-7-6-10-18(13-15)25-20(26)19(16(2)24-25)14-23-21(27)22-12-11-17-8-4-3-5-9-17/h3-10,13-14,24H,11-12H2,1-2H3,(H,22,27)/b23-14+. The van der Waals surface area contributed by atoms with E-state index in [0.29, 0.717) is 17.8 Å². The number of carbonyl (C=O) groups excluding carboxylic acids is 1. The van der Waals surface area contributed by atoms with Gasteiger partial charge in [-0.25, -0.2) is 14.5 Å². The summed E-state index contributed by atoms with van der Waals surface area (Å²) in [5.41, 5.74) is 3.73. The first-order valence-corrected chi connectivity index (χ1v) is 8.79. The Morgan fingerprint density at radius 1 is 1.15 bits per heavy atom. The molecule has 1 heterocycles. The lowest BCUT2D eigenvalue weighted by Crippen LogP contribution is -2.23. The fourth-order valence-corrected chi connectivity index (χ4v) is 2.79. The molecule has 0 unspecified atom stereocenters. The van der Waals surface area contributed by atoms with Gasteiger partial charge in [-0.3, -0.25) is 9.89 Å². The van der Waals surface area contributed by atoms with E-state index in [-0.39, 0.29) is 5.56 Å². The molecule has 0 aliphatic carbocycles. The lowest BCUT2D eigenvalue weighted by molar-refractivity contribution is 0.249. The van der Waals surface area contributed by atoms with Crippen molar-refractivity contribution >= 4 is 12.2 Å². The Morgan fingerprint density at radius 2 is 1.93 bits per heavy atom. The van der Waals surface area contributed by atoms with Crippen LogP contribution in [0.5, 0.6) is 0 Å². The molecule has 1 aromatic heterocycles. The quantitative estimate of drug-likeness (QED) is 0.684. The summed E-state index contributed by atoms with van der Waals surface area (Å²) in [5, 5.41) is 5.76. The Kier molecular flexibility index (Phi) is 5.66. The number of amides is 2. The highest BCUT2D eigenvalue weighted by Crippen LogP contribution is 2.08. The summed E-state index contributed by atoms with van der Waals surface area (Å²) in [4.78, 5) is 28.4. The number of aromatic amines is 1. The Labute approximate surface area is 157 Å². The third-order valence-electron chi connectivity index (χ3n) is 4.22. The molecule has 0 bridgehead atoms. The molecule has 0 aliphatic heterocycles. The Hall–Kier alpha value is -3.41. The lowest BCUT2D eigenvalue weighted by Gasteiger charge is -2.02. The second-order valence-corrected chi connectivity index (χ2v) is 6.36. The summed E-state index contributed by atoms with van der Waals surface area (Å²) < 4.78 is 1.46. The smallest absolute Gasteiger partial charge is 0.336 e. The molecule has 0 atom stereocenters. The molecule has 138 valence electrons. The zero-order valence-electron chi connectivity index (χ0n) is 15.4. The third-order valence-corrected chi connectivity index (χ3v) is 4.22. The number of rotatable bonds is 5. The molecule has 3 aromatic rings. The second kappa shape index (κ2) is 8.31. The van der Waals surface area contributed by atoms with Gasteiger partial charge in [0.25, 0.3) is 5.56 Å². The predicted octanol–water partition coefficient (Wildman–Crippen LogP) is 3.15. The number of aliphatic imine (C=N–C) groups is 1. The number of nitrogens with one attached hydrogen (secondary N) is 2. The van der Waals surface area contributed by atoms with E-state index in [1.807, 2.05) is 61.5 Å². The highest BCUT2D eigenvalue weighted by atomic mass is 16.2. The van der Waals surface area contributed by atoms with Crippen molar-refractivity contribution in [2.75, 3.05) is 6.54 Å². The van der Waals surface area contributed by atoms with E-state index in [1.54, 1.807) is 6.92 Å². The number of aryl methyl sites for hydroxylation is 2. The molecule has 0 fully saturated rings. The molecule has 0 radical (unpaired) electrons. The summed E-state index contributed by atoms with van der Waals surface area (Å²) in [6.45, 7) is 4.23. The van der Waals surface area contributed by atoms with E-state index in [1.165, 1.54) is 10.9 Å². The van der Waals surface area contributed by atoms with Crippen LogP contribution in [0.25, 0.3) is 5.69 Å². The number of benzene rings is 2. The van der Waals surface area contributed by atoms with Crippen LogP contribution < -0.4 is 10.9 Å². The molecular formula is C21H22N4O2.